The minimum atomic E-state index is -0.502. The van der Waals surface area contributed by atoms with E-state index in [1.807, 2.05) is 0 Å². The highest BCUT2D eigenvalue weighted by Gasteiger charge is 2.07. The van der Waals surface area contributed by atoms with Crippen molar-refractivity contribution < 1.29 is 14.6 Å². The molecule has 0 aromatic carbocycles. The Labute approximate surface area is 69.8 Å². The van der Waals surface area contributed by atoms with Gasteiger partial charge in [0, 0.05) is 0 Å². The van der Waals surface area contributed by atoms with Crippen molar-refractivity contribution in [1.82, 2.24) is 4.98 Å². The summed E-state index contributed by atoms with van der Waals surface area (Å²) in [6.07, 6.45) is 1.22. The monoisotopic (exact) mass is 167 g/mol. The van der Waals surface area contributed by atoms with E-state index >= 15 is 0 Å². The van der Waals surface area contributed by atoms with Crippen molar-refractivity contribution in [2.45, 2.75) is 6.92 Å². The number of nitrogens with zero attached hydrogens (tertiary/aromatic N) is 1. The van der Waals surface area contributed by atoms with Gasteiger partial charge in [-0.2, -0.15) is 0 Å². The fourth-order valence-corrected chi connectivity index (χ4v) is 0.765. The minimum Gasteiger partial charge on any atom is -0.506 e. The molecule has 0 saturated heterocycles. The van der Waals surface area contributed by atoms with Gasteiger partial charge in [-0.05, 0) is 18.6 Å². The number of methoxy groups -OCH3 is 1. The summed E-state index contributed by atoms with van der Waals surface area (Å²) in [6, 6.07) is 1.47. The van der Waals surface area contributed by atoms with Crippen molar-refractivity contribution in [1.29, 1.82) is 0 Å². The highest BCUT2D eigenvalue weighted by atomic mass is 16.5. The Morgan fingerprint density at radius 1 is 1.67 bits per heavy atom. The largest absolute Gasteiger partial charge is 0.506 e. The molecule has 12 heavy (non-hydrogen) atoms. The Kier molecular flexibility index (Phi) is 2.28. The van der Waals surface area contributed by atoms with Crippen LogP contribution in [0.5, 0.6) is 5.75 Å². The Morgan fingerprint density at radius 2 is 2.33 bits per heavy atom. The van der Waals surface area contributed by atoms with Crippen LogP contribution in [0.1, 0.15) is 16.1 Å². The Balaban J connectivity index is 3.05. The average molecular weight is 167 g/mol. The topological polar surface area (TPSA) is 59.4 Å². The Bertz CT molecular complexity index is 309. The lowest BCUT2D eigenvalue weighted by atomic mass is 10.2. The summed E-state index contributed by atoms with van der Waals surface area (Å²) in [5.41, 5.74) is 0.804. The van der Waals surface area contributed by atoms with E-state index in [0.29, 0.717) is 5.56 Å². The zero-order chi connectivity index (χ0) is 9.14. The van der Waals surface area contributed by atoms with Crippen LogP contribution in [0.25, 0.3) is 0 Å². The summed E-state index contributed by atoms with van der Waals surface area (Å²) in [7, 11) is 1.28. The number of aryl methyl sites for hydroxylation is 1. The molecule has 0 spiro atoms. The van der Waals surface area contributed by atoms with Crippen molar-refractivity contribution in [2.75, 3.05) is 7.11 Å². The van der Waals surface area contributed by atoms with Gasteiger partial charge in [0.2, 0.25) is 0 Å². The molecular weight excluding hydrogens is 158 g/mol. The zero-order valence-electron chi connectivity index (χ0n) is 6.87. The molecule has 1 N–H and O–H groups in total. The first-order valence-electron chi connectivity index (χ1n) is 3.39. The van der Waals surface area contributed by atoms with Crippen molar-refractivity contribution in [3.63, 3.8) is 0 Å². The summed E-state index contributed by atoms with van der Waals surface area (Å²) < 4.78 is 4.45. The normalized spacial score (nSPS) is 9.50. The quantitative estimate of drug-likeness (QED) is 0.631. The molecule has 1 aromatic rings. The van der Waals surface area contributed by atoms with Crippen molar-refractivity contribution in [3.8, 4) is 5.75 Å². The number of hydrogen-bond acceptors (Lipinski definition) is 4. The van der Waals surface area contributed by atoms with Crippen LogP contribution in [-0.4, -0.2) is 23.2 Å². The van der Waals surface area contributed by atoms with Gasteiger partial charge < -0.3 is 9.84 Å². The maximum absolute atomic E-state index is 10.9. The molecule has 0 aliphatic rings. The smallest absolute Gasteiger partial charge is 0.356 e. The number of pyridine rings is 1. The van der Waals surface area contributed by atoms with Crippen molar-refractivity contribution in [3.05, 3.63) is 23.5 Å². The van der Waals surface area contributed by atoms with E-state index < -0.39 is 5.97 Å². The van der Waals surface area contributed by atoms with Crippen LogP contribution in [-0.2, 0) is 4.74 Å². The SMILES string of the molecule is COC(=O)c1cc(C)c(O)cn1. The zero-order valence-corrected chi connectivity index (χ0v) is 6.87. The summed E-state index contributed by atoms with van der Waals surface area (Å²) >= 11 is 0. The van der Waals surface area contributed by atoms with Gasteiger partial charge in [-0.1, -0.05) is 0 Å². The maximum atomic E-state index is 10.9. The predicted molar refractivity (Wildman–Crippen MR) is 42.0 cm³/mol. The molecule has 1 rings (SSSR count). The Morgan fingerprint density at radius 3 is 2.83 bits per heavy atom. The maximum Gasteiger partial charge on any atom is 0.356 e. The number of ether oxygens (including phenoxy) is 1. The van der Waals surface area contributed by atoms with E-state index in [0.717, 1.165) is 0 Å². The van der Waals surface area contributed by atoms with Gasteiger partial charge >= 0.3 is 5.97 Å². The molecular formula is C8H9NO3. The van der Waals surface area contributed by atoms with Crippen LogP contribution >= 0.6 is 0 Å². The lowest BCUT2D eigenvalue weighted by Crippen LogP contribution is -2.03. The molecule has 0 aliphatic heterocycles. The van der Waals surface area contributed by atoms with Gasteiger partial charge in [0.1, 0.15) is 11.4 Å². The number of esters is 1. The summed E-state index contributed by atoms with van der Waals surface area (Å²) in [4.78, 5) is 14.6. The van der Waals surface area contributed by atoms with Crippen LogP contribution in [0, 0.1) is 6.92 Å². The van der Waals surface area contributed by atoms with Gasteiger partial charge in [-0.3, -0.25) is 0 Å². The van der Waals surface area contributed by atoms with E-state index in [2.05, 4.69) is 9.72 Å². The van der Waals surface area contributed by atoms with Crippen LogP contribution in [0.3, 0.4) is 0 Å². The third-order valence-corrected chi connectivity index (χ3v) is 1.48. The minimum absolute atomic E-state index is 0.0719. The third-order valence-electron chi connectivity index (χ3n) is 1.48. The van der Waals surface area contributed by atoms with Crippen molar-refractivity contribution >= 4 is 5.97 Å². The lowest BCUT2D eigenvalue weighted by Gasteiger charge is -2.00. The first-order valence-corrected chi connectivity index (χ1v) is 3.39. The second-order valence-corrected chi connectivity index (χ2v) is 2.35. The fourth-order valence-electron chi connectivity index (χ4n) is 0.765. The molecule has 0 unspecified atom stereocenters. The molecule has 0 aliphatic carbocycles. The Hall–Kier alpha value is -1.58. The average Bonchev–Trinajstić information content (AvgIpc) is 2.08. The number of aromatic hydroxyl groups is 1. The molecule has 4 nitrogen and oxygen atoms in total. The highest BCUT2D eigenvalue weighted by molar-refractivity contribution is 5.87. The molecule has 0 saturated carbocycles. The standard InChI is InChI=1S/C8H9NO3/c1-5-3-6(8(11)12-2)9-4-7(5)10/h3-4,10H,1-2H3. The van der Waals surface area contributed by atoms with Gasteiger partial charge in [-0.15, -0.1) is 0 Å². The van der Waals surface area contributed by atoms with E-state index in [1.165, 1.54) is 19.4 Å². The fraction of sp³-hybridized carbons (Fsp3) is 0.250. The van der Waals surface area contributed by atoms with Crippen LogP contribution in [0.15, 0.2) is 12.3 Å². The predicted octanol–water partition coefficient (Wildman–Crippen LogP) is 0.882. The van der Waals surface area contributed by atoms with Gasteiger partial charge in [0.25, 0.3) is 0 Å². The van der Waals surface area contributed by atoms with Gasteiger partial charge in [-0.25, -0.2) is 9.78 Å². The molecule has 0 amide bonds. The molecule has 0 bridgehead atoms. The number of carbonyl (C=O) groups is 1. The van der Waals surface area contributed by atoms with Crippen LogP contribution < -0.4 is 0 Å². The summed E-state index contributed by atoms with van der Waals surface area (Å²) in [5.74, 6) is -0.430. The molecule has 0 fully saturated rings. The number of hydrogen-bond donors (Lipinski definition) is 1. The molecule has 64 valence electrons. The molecule has 0 radical (unpaired) electrons. The second kappa shape index (κ2) is 3.21. The molecule has 1 aromatic heterocycles. The lowest BCUT2D eigenvalue weighted by molar-refractivity contribution is 0.0594. The van der Waals surface area contributed by atoms with Crippen LogP contribution in [0.2, 0.25) is 0 Å². The molecule has 1 heterocycles. The number of carbonyl (C=O) groups excluding carboxylic acids is 1. The number of aromatic nitrogens is 1. The second-order valence-electron chi connectivity index (χ2n) is 2.35. The number of rotatable bonds is 1. The molecule has 0 atom stereocenters. The molecule has 4 heteroatoms. The van der Waals surface area contributed by atoms with E-state index in [1.54, 1.807) is 6.92 Å². The summed E-state index contributed by atoms with van der Waals surface area (Å²) in [5, 5.41) is 9.08. The third kappa shape index (κ3) is 1.53. The van der Waals surface area contributed by atoms with E-state index in [9.17, 15) is 4.79 Å². The van der Waals surface area contributed by atoms with Gasteiger partial charge in [0.15, 0.2) is 0 Å². The first kappa shape index (κ1) is 8.52. The summed E-state index contributed by atoms with van der Waals surface area (Å²) in [6.45, 7) is 1.68. The van der Waals surface area contributed by atoms with E-state index in [4.69, 9.17) is 5.11 Å². The van der Waals surface area contributed by atoms with Gasteiger partial charge in [0.05, 0.1) is 13.3 Å². The van der Waals surface area contributed by atoms with Crippen molar-refractivity contribution in [2.24, 2.45) is 0 Å². The first-order chi connectivity index (χ1) is 5.65. The van der Waals surface area contributed by atoms with E-state index in [-0.39, 0.29) is 11.4 Å². The van der Waals surface area contributed by atoms with Crippen LogP contribution in [0.4, 0.5) is 0 Å². The highest BCUT2D eigenvalue weighted by Crippen LogP contribution is 2.14.